The molecule has 0 spiro atoms. The van der Waals surface area contributed by atoms with Gasteiger partial charge >= 0.3 is 0 Å². The average Bonchev–Trinajstić information content (AvgIpc) is 2.70. The van der Waals surface area contributed by atoms with Gasteiger partial charge in [-0.25, -0.2) is 13.1 Å². The van der Waals surface area contributed by atoms with Gasteiger partial charge < -0.3 is 5.32 Å². The lowest BCUT2D eigenvalue weighted by Gasteiger charge is -2.22. The summed E-state index contributed by atoms with van der Waals surface area (Å²) in [5, 5.41) is 3.01. The molecule has 0 atom stereocenters. The molecule has 0 radical (unpaired) electrons. The van der Waals surface area contributed by atoms with E-state index in [0.29, 0.717) is 21.8 Å². The first-order valence-corrected chi connectivity index (χ1v) is 10.0. The minimum atomic E-state index is -3.46. The largest absolute Gasteiger partial charge is 0.315 e. The molecule has 0 aliphatic carbocycles. The van der Waals surface area contributed by atoms with Crippen LogP contribution in [0.5, 0.6) is 0 Å². The third-order valence-corrected chi connectivity index (χ3v) is 7.49. The van der Waals surface area contributed by atoms with Crippen LogP contribution in [0.25, 0.3) is 0 Å². The first kappa shape index (κ1) is 17.5. The summed E-state index contributed by atoms with van der Waals surface area (Å²) in [6, 6.07) is 1.71. The molecule has 110 valence electrons. The van der Waals surface area contributed by atoms with E-state index in [0.717, 1.165) is 4.88 Å². The van der Waals surface area contributed by atoms with Crippen LogP contribution in [0.3, 0.4) is 0 Å². The molecule has 2 N–H and O–H groups in total. The second kappa shape index (κ2) is 6.91. The van der Waals surface area contributed by atoms with Crippen molar-refractivity contribution in [2.24, 2.45) is 0 Å². The van der Waals surface area contributed by atoms with Gasteiger partial charge in [0.05, 0.1) is 3.79 Å². The lowest BCUT2D eigenvalue weighted by atomic mass is 10.2. The van der Waals surface area contributed by atoms with Crippen LogP contribution in [0.1, 0.15) is 18.7 Å². The Hall–Kier alpha value is 0.400. The lowest BCUT2D eigenvalue weighted by molar-refractivity contribution is 0.570. The summed E-state index contributed by atoms with van der Waals surface area (Å²) in [7, 11) is -1.62. The summed E-state index contributed by atoms with van der Waals surface area (Å²) in [5.41, 5.74) is 0. The van der Waals surface area contributed by atoms with E-state index < -0.39 is 10.0 Å². The standard InChI is InChI=1S/C11H19BrN2O2S3/c1-11(2,17-4)7-14-19(15,16)9-5-8(6-13-3)18-10(9)12/h5,13-14H,6-7H2,1-4H3. The van der Waals surface area contributed by atoms with Crippen LogP contribution < -0.4 is 10.0 Å². The number of thioether (sulfide) groups is 1. The molecule has 1 heterocycles. The molecule has 1 rings (SSSR count). The minimum absolute atomic E-state index is 0.122. The van der Waals surface area contributed by atoms with Crippen molar-refractivity contribution < 1.29 is 8.42 Å². The molecule has 19 heavy (non-hydrogen) atoms. The van der Waals surface area contributed by atoms with Gasteiger partial charge in [-0.15, -0.1) is 11.3 Å². The summed E-state index contributed by atoms with van der Waals surface area (Å²) >= 11 is 6.40. The van der Waals surface area contributed by atoms with Gasteiger partial charge in [-0.05, 0) is 49.1 Å². The van der Waals surface area contributed by atoms with Crippen molar-refractivity contribution >= 4 is 49.1 Å². The van der Waals surface area contributed by atoms with Crippen molar-refractivity contribution in [2.75, 3.05) is 19.8 Å². The Bertz CT molecular complexity index is 526. The van der Waals surface area contributed by atoms with Gasteiger partial charge in [0.15, 0.2) is 0 Å². The Morgan fingerprint density at radius 1 is 1.47 bits per heavy atom. The molecule has 0 amide bonds. The van der Waals surface area contributed by atoms with Crippen molar-refractivity contribution in [1.82, 2.24) is 10.0 Å². The molecule has 0 aliphatic rings. The number of thiophene rings is 1. The lowest BCUT2D eigenvalue weighted by Crippen LogP contribution is -2.36. The fourth-order valence-corrected chi connectivity index (χ4v) is 5.47. The number of halogens is 1. The molecule has 4 nitrogen and oxygen atoms in total. The predicted octanol–water partition coefficient (Wildman–Crippen LogP) is 2.65. The van der Waals surface area contributed by atoms with Crippen LogP contribution in [0.2, 0.25) is 0 Å². The first-order chi connectivity index (χ1) is 8.72. The van der Waals surface area contributed by atoms with Crippen LogP contribution in [-0.2, 0) is 16.6 Å². The van der Waals surface area contributed by atoms with E-state index in [1.807, 2.05) is 27.2 Å². The number of nitrogens with one attached hydrogen (secondary N) is 2. The van der Waals surface area contributed by atoms with E-state index in [1.165, 1.54) is 11.3 Å². The second-order valence-corrected chi connectivity index (χ2v) is 10.4. The molecule has 0 bridgehead atoms. The second-order valence-electron chi connectivity index (χ2n) is 4.67. The highest BCUT2D eigenvalue weighted by Crippen LogP contribution is 2.32. The summed E-state index contributed by atoms with van der Waals surface area (Å²) in [6.45, 7) is 5.08. The molecular weight excluding hydrogens is 368 g/mol. The quantitative estimate of drug-likeness (QED) is 0.755. The third kappa shape index (κ3) is 5.02. The van der Waals surface area contributed by atoms with E-state index in [4.69, 9.17) is 0 Å². The van der Waals surface area contributed by atoms with Crippen molar-refractivity contribution in [3.05, 3.63) is 14.7 Å². The van der Waals surface area contributed by atoms with Crippen molar-refractivity contribution in [3.8, 4) is 0 Å². The molecule has 0 unspecified atom stereocenters. The van der Waals surface area contributed by atoms with Crippen LogP contribution >= 0.6 is 39.0 Å². The third-order valence-electron chi connectivity index (χ3n) is 2.59. The highest BCUT2D eigenvalue weighted by atomic mass is 79.9. The molecule has 0 fully saturated rings. The molecule has 8 heteroatoms. The van der Waals surface area contributed by atoms with Gasteiger partial charge in [-0.3, -0.25) is 0 Å². The van der Waals surface area contributed by atoms with Crippen LogP contribution in [0.4, 0.5) is 0 Å². The Kier molecular flexibility index (Phi) is 6.34. The minimum Gasteiger partial charge on any atom is -0.315 e. The monoisotopic (exact) mass is 386 g/mol. The fraction of sp³-hybridized carbons (Fsp3) is 0.636. The van der Waals surface area contributed by atoms with E-state index in [1.54, 1.807) is 17.8 Å². The number of sulfonamides is 1. The maximum Gasteiger partial charge on any atom is 0.242 e. The molecule has 0 saturated heterocycles. The van der Waals surface area contributed by atoms with Crippen molar-refractivity contribution in [1.29, 1.82) is 0 Å². The van der Waals surface area contributed by atoms with Crippen LogP contribution in [0.15, 0.2) is 14.7 Å². The zero-order valence-corrected chi connectivity index (χ0v) is 15.4. The zero-order chi connectivity index (χ0) is 14.7. The summed E-state index contributed by atoms with van der Waals surface area (Å²) < 4.78 is 27.7. The van der Waals surface area contributed by atoms with Crippen molar-refractivity contribution in [2.45, 2.75) is 30.0 Å². The number of rotatable bonds is 7. The topological polar surface area (TPSA) is 58.2 Å². The molecule has 0 aromatic carbocycles. The average molecular weight is 387 g/mol. The summed E-state index contributed by atoms with van der Waals surface area (Å²) in [5.74, 6) is 0. The van der Waals surface area contributed by atoms with E-state index in [-0.39, 0.29) is 4.75 Å². The number of hydrogen-bond donors (Lipinski definition) is 2. The maximum atomic E-state index is 12.3. The predicted molar refractivity (Wildman–Crippen MR) is 87.6 cm³/mol. The van der Waals surface area contributed by atoms with Gasteiger partial charge in [0, 0.05) is 22.7 Å². The Balaban J connectivity index is 2.88. The SMILES string of the molecule is CNCc1cc(S(=O)(=O)NCC(C)(C)SC)c(Br)s1. The molecule has 1 aromatic rings. The van der Waals surface area contributed by atoms with Gasteiger partial charge in [-0.1, -0.05) is 0 Å². The Morgan fingerprint density at radius 2 is 2.11 bits per heavy atom. The molecule has 0 aliphatic heterocycles. The Labute approximate surface area is 131 Å². The Morgan fingerprint density at radius 3 is 2.63 bits per heavy atom. The molecule has 0 saturated carbocycles. The summed E-state index contributed by atoms with van der Waals surface area (Å²) in [4.78, 5) is 1.30. The van der Waals surface area contributed by atoms with Gasteiger partial charge in [0.2, 0.25) is 10.0 Å². The van der Waals surface area contributed by atoms with Crippen LogP contribution in [0, 0.1) is 0 Å². The normalized spacial score (nSPS) is 12.9. The first-order valence-electron chi connectivity index (χ1n) is 5.69. The van der Waals surface area contributed by atoms with Gasteiger partial charge in [0.1, 0.15) is 4.90 Å². The highest BCUT2D eigenvalue weighted by Gasteiger charge is 2.24. The van der Waals surface area contributed by atoms with E-state index in [2.05, 4.69) is 26.0 Å². The smallest absolute Gasteiger partial charge is 0.242 e. The number of hydrogen-bond acceptors (Lipinski definition) is 5. The fourth-order valence-electron chi connectivity index (χ4n) is 1.26. The van der Waals surface area contributed by atoms with Crippen molar-refractivity contribution in [3.63, 3.8) is 0 Å². The van der Waals surface area contributed by atoms with Crippen LogP contribution in [-0.4, -0.2) is 33.0 Å². The highest BCUT2D eigenvalue weighted by molar-refractivity contribution is 9.11. The summed E-state index contributed by atoms with van der Waals surface area (Å²) in [6.07, 6.45) is 1.97. The van der Waals surface area contributed by atoms with E-state index >= 15 is 0 Å². The van der Waals surface area contributed by atoms with E-state index in [9.17, 15) is 8.42 Å². The zero-order valence-electron chi connectivity index (χ0n) is 11.4. The van der Waals surface area contributed by atoms with Gasteiger partial charge in [0.25, 0.3) is 0 Å². The van der Waals surface area contributed by atoms with Gasteiger partial charge in [-0.2, -0.15) is 11.8 Å². The maximum absolute atomic E-state index is 12.3. The molecular formula is C11H19BrN2O2S3. The molecule has 1 aromatic heterocycles.